The maximum Gasteiger partial charge on any atom is 0.160 e. The van der Waals surface area contributed by atoms with Gasteiger partial charge in [-0.2, -0.15) is 0 Å². The minimum Gasteiger partial charge on any atom is -0.236 e. The smallest absolute Gasteiger partial charge is 0.160 e. The average Bonchev–Trinajstić information content (AvgIpc) is 3.46. The van der Waals surface area contributed by atoms with Gasteiger partial charge in [-0.25, -0.2) is 15.0 Å². The lowest BCUT2D eigenvalue weighted by molar-refractivity contribution is 1.18. The van der Waals surface area contributed by atoms with Gasteiger partial charge in [-0.05, 0) is 41.5 Å². The van der Waals surface area contributed by atoms with Crippen molar-refractivity contribution >= 4 is 21.6 Å². The number of hydrogen-bond acceptors (Lipinski definition) is 4. The maximum atomic E-state index is 5.08. The summed E-state index contributed by atoms with van der Waals surface area (Å²) >= 11 is 1.69. The Labute approximate surface area is 231 Å². The maximum absolute atomic E-state index is 5.08. The lowest BCUT2D eigenvalue weighted by atomic mass is 10.0. The Bertz CT molecular complexity index is 1900. The monoisotopic (exact) mass is 517 g/mol. The first kappa shape index (κ1) is 23.2. The highest BCUT2D eigenvalue weighted by molar-refractivity contribution is 7.21. The largest absolute Gasteiger partial charge is 0.236 e. The third-order valence-electron chi connectivity index (χ3n) is 6.73. The van der Waals surface area contributed by atoms with Gasteiger partial charge in [-0.15, -0.1) is 11.3 Å². The quantitative estimate of drug-likeness (QED) is 0.228. The van der Waals surface area contributed by atoms with Gasteiger partial charge in [0.2, 0.25) is 0 Å². The Balaban J connectivity index is 1.36. The molecule has 0 saturated heterocycles. The number of thiazole rings is 1. The van der Waals surface area contributed by atoms with Gasteiger partial charge in [0.15, 0.2) is 5.82 Å². The van der Waals surface area contributed by atoms with Crippen LogP contribution in [0.25, 0.3) is 65.8 Å². The highest BCUT2D eigenvalue weighted by atomic mass is 32.1. The molecule has 0 unspecified atom stereocenters. The predicted octanol–water partition coefficient (Wildman–Crippen LogP) is 9.42. The van der Waals surface area contributed by atoms with Gasteiger partial charge in [0, 0.05) is 22.3 Å². The summed E-state index contributed by atoms with van der Waals surface area (Å²) in [5.41, 5.74) is 9.34. The molecule has 7 rings (SSSR count). The number of rotatable bonds is 5. The van der Waals surface area contributed by atoms with E-state index < -0.39 is 0 Å². The van der Waals surface area contributed by atoms with Gasteiger partial charge in [0.1, 0.15) is 5.01 Å². The first-order valence-electron chi connectivity index (χ1n) is 12.9. The Morgan fingerprint density at radius 2 is 0.974 bits per heavy atom. The summed E-state index contributed by atoms with van der Waals surface area (Å²) in [7, 11) is 0. The summed E-state index contributed by atoms with van der Waals surface area (Å²) in [5.74, 6) is 0.702. The Hall–Kier alpha value is -4.93. The third-order valence-corrected chi connectivity index (χ3v) is 7.80. The van der Waals surface area contributed by atoms with Crippen LogP contribution in [0, 0.1) is 0 Å². The Morgan fingerprint density at radius 1 is 0.385 bits per heavy atom. The molecular formula is C35H23N3S. The molecule has 2 aromatic heterocycles. The second kappa shape index (κ2) is 10.1. The SMILES string of the molecule is c1ccc(-c2cccc(-c3cc(-c4ccccc4)nc(-c4ccc5nc(-c6ccccc6)sc5c4)n3)c2)cc1. The van der Waals surface area contributed by atoms with Crippen LogP contribution in [0.15, 0.2) is 140 Å². The van der Waals surface area contributed by atoms with E-state index in [9.17, 15) is 0 Å². The van der Waals surface area contributed by atoms with Crippen LogP contribution >= 0.6 is 11.3 Å². The molecule has 4 heteroatoms. The van der Waals surface area contributed by atoms with Crippen LogP contribution in [0.1, 0.15) is 0 Å². The molecule has 0 N–H and O–H groups in total. The molecule has 0 atom stereocenters. The molecule has 0 fully saturated rings. The van der Waals surface area contributed by atoms with E-state index in [0.717, 1.165) is 54.4 Å². The lowest BCUT2D eigenvalue weighted by Crippen LogP contribution is -1.96. The van der Waals surface area contributed by atoms with Crippen molar-refractivity contribution in [3.05, 3.63) is 140 Å². The topological polar surface area (TPSA) is 38.7 Å². The number of fused-ring (bicyclic) bond motifs is 1. The first-order valence-corrected chi connectivity index (χ1v) is 13.7. The lowest BCUT2D eigenvalue weighted by Gasteiger charge is -2.10. The van der Waals surface area contributed by atoms with E-state index in [1.54, 1.807) is 11.3 Å². The van der Waals surface area contributed by atoms with Crippen LogP contribution in [-0.2, 0) is 0 Å². The highest BCUT2D eigenvalue weighted by Gasteiger charge is 2.13. The predicted molar refractivity (Wildman–Crippen MR) is 162 cm³/mol. The molecule has 0 spiro atoms. The van der Waals surface area contributed by atoms with Crippen molar-refractivity contribution in [2.45, 2.75) is 0 Å². The summed E-state index contributed by atoms with van der Waals surface area (Å²) in [6.07, 6.45) is 0. The number of hydrogen-bond donors (Lipinski definition) is 0. The number of benzene rings is 5. The van der Waals surface area contributed by atoms with Gasteiger partial charge in [-0.3, -0.25) is 0 Å². The minimum atomic E-state index is 0.702. The zero-order chi connectivity index (χ0) is 26.0. The molecule has 0 bridgehead atoms. The summed E-state index contributed by atoms with van der Waals surface area (Å²) in [5, 5.41) is 1.01. The van der Waals surface area contributed by atoms with Crippen LogP contribution in [0.2, 0.25) is 0 Å². The van der Waals surface area contributed by atoms with Crippen molar-refractivity contribution in [2.75, 3.05) is 0 Å². The van der Waals surface area contributed by atoms with Gasteiger partial charge in [-0.1, -0.05) is 109 Å². The normalized spacial score (nSPS) is 11.1. The van der Waals surface area contributed by atoms with Crippen LogP contribution in [-0.4, -0.2) is 15.0 Å². The van der Waals surface area contributed by atoms with Crippen molar-refractivity contribution in [1.29, 1.82) is 0 Å². The van der Waals surface area contributed by atoms with E-state index in [-0.39, 0.29) is 0 Å². The van der Waals surface area contributed by atoms with Crippen LogP contribution in [0.3, 0.4) is 0 Å². The number of aromatic nitrogens is 3. The fourth-order valence-electron chi connectivity index (χ4n) is 4.74. The fraction of sp³-hybridized carbons (Fsp3) is 0. The molecular weight excluding hydrogens is 494 g/mol. The van der Waals surface area contributed by atoms with Gasteiger partial charge in [0.25, 0.3) is 0 Å². The van der Waals surface area contributed by atoms with E-state index in [1.165, 1.54) is 5.56 Å². The van der Waals surface area contributed by atoms with Gasteiger partial charge in [0.05, 0.1) is 21.6 Å². The minimum absolute atomic E-state index is 0.702. The van der Waals surface area contributed by atoms with E-state index in [2.05, 4.69) is 97.1 Å². The second-order valence-corrected chi connectivity index (χ2v) is 10.4. The number of nitrogens with zero attached hydrogens (tertiary/aromatic N) is 3. The average molecular weight is 518 g/mol. The van der Waals surface area contributed by atoms with E-state index in [4.69, 9.17) is 15.0 Å². The molecule has 39 heavy (non-hydrogen) atoms. The molecule has 0 aliphatic rings. The van der Waals surface area contributed by atoms with Crippen LogP contribution in [0.5, 0.6) is 0 Å². The molecule has 3 nitrogen and oxygen atoms in total. The zero-order valence-electron chi connectivity index (χ0n) is 21.0. The zero-order valence-corrected chi connectivity index (χ0v) is 21.8. The van der Waals surface area contributed by atoms with Crippen molar-refractivity contribution in [2.24, 2.45) is 0 Å². The highest BCUT2D eigenvalue weighted by Crippen LogP contribution is 2.34. The van der Waals surface area contributed by atoms with E-state index >= 15 is 0 Å². The summed E-state index contributed by atoms with van der Waals surface area (Å²) in [6.45, 7) is 0. The molecule has 0 radical (unpaired) electrons. The van der Waals surface area contributed by atoms with E-state index in [0.29, 0.717) is 5.82 Å². The Morgan fingerprint density at radius 3 is 1.69 bits per heavy atom. The fourth-order valence-corrected chi connectivity index (χ4v) is 5.75. The molecule has 0 amide bonds. The molecule has 0 saturated carbocycles. The summed E-state index contributed by atoms with van der Waals surface area (Å²) in [6, 6.07) is 48.0. The van der Waals surface area contributed by atoms with E-state index in [1.807, 2.05) is 42.5 Å². The first-order chi connectivity index (χ1) is 19.3. The van der Waals surface area contributed by atoms with Crippen molar-refractivity contribution in [1.82, 2.24) is 15.0 Å². The molecule has 0 aliphatic carbocycles. The third kappa shape index (κ3) is 4.74. The standard InChI is InChI=1S/C35H23N3S/c1-4-11-24(12-5-1)27-17-10-18-28(21-27)32-23-31(25-13-6-2-7-14-25)36-34(37-32)29-19-20-30-33(22-29)39-35(38-30)26-15-8-3-9-16-26/h1-23H. The summed E-state index contributed by atoms with van der Waals surface area (Å²) < 4.78 is 1.12. The van der Waals surface area contributed by atoms with Crippen molar-refractivity contribution in [3.63, 3.8) is 0 Å². The molecule has 5 aromatic carbocycles. The van der Waals surface area contributed by atoms with Gasteiger partial charge >= 0.3 is 0 Å². The Kier molecular flexibility index (Phi) is 6.00. The second-order valence-electron chi connectivity index (χ2n) is 9.34. The molecule has 7 aromatic rings. The van der Waals surface area contributed by atoms with Crippen molar-refractivity contribution in [3.8, 4) is 55.6 Å². The van der Waals surface area contributed by atoms with Crippen molar-refractivity contribution < 1.29 is 0 Å². The molecule has 0 aliphatic heterocycles. The molecule has 184 valence electrons. The molecule has 2 heterocycles. The summed E-state index contributed by atoms with van der Waals surface area (Å²) in [4.78, 5) is 15.0. The van der Waals surface area contributed by atoms with Gasteiger partial charge < -0.3 is 0 Å². The van der Waals surface area contributed by atoms with Crippen LogP contribution < -0.4 is 0 Å². The van der Waals surface area contributed by atoms with Crippen LogP contribution in [0.4, 0.5) is 0 Å².